The first-order chi connectivity index (χ1) is 12.2. The Morgan fingerprint density at radius 1 is 1.08 bits per heavy atom. The van der Waals surface area contributed by atoms with Crippen LogP contribution >= 0.6 is 0 Å². The lowest BCUT2D eigenvalue weighted by Crippen LogP contribution is -3.16. The number of hydrogen-bond donors (Lipinski definition) is 1. The van der Waals surface area contributed by atoms with Crippen LogP contribution in [0.5, 0.6) is 0 Å². The average molecular weight is 344 g/mol. The van der Waals surface area contributed by atoms with E-state index in [0.717, 1.165) is 57.7 Å². The van der Waals surface area contributed by atoms with Crippen molar-refractivity contribution in [1.29, 1.82) is 0 Å². The lowest BCUT2D eigenvalue weighted by Gasteiger charge is -2.32. The summed E-state index contributed by atoms with van der Waals surface area (Å²) in [5.74, 6) is 1.30. The fourth-order valence-corrected chi connectivity index (χ4v) is 4.67. The highest BCUT2D eigenvalue weighted by molar-refractivity contribution is 6.05. The van der Waals surface area contributed by atoms with Crippen molar-refractivity contribution in [3.05, 3.63) is 24.4 Å². The number of aromatic amines is 1. The van der Waals surface area contributed by atoms with E-state index in [2.05, 4.69) is 16.0 Å². The van der Waals surface area contributed by atoms with Gasteiger partial charge in [0.25, 0.3) is 5.82 Å². The van der Waals surface area contributed by atoms with Gasteiger partial charge in [-0.2, -0.15) is 0 Å². The maximum Gasteiger partial charge on any atom is 0.274 e. The first-order valence-electron chi connectivity index (χ1n) is 9.58. The highest BCUT2D eigenvalue weighted by Crippen LogP contribution is 2.44. The van der Waals surface area contributed by atoms with Gasteiger partial charge in [-0.3, -0.25) is 14.5 Å². The van der Waals surface area contributed by atoms with E-state index < -0.39 is 0 Å². The van der Waals surface area contributed by atoms with Crippen LogP contribution in [0.15, 0.2) is 24.4 Å². The molecule has 0 unspecified atom stereocenters. The highest BCUT2D eigenvalue weighted by Gasteiger charge is 2.52. The first-order valence-corrected chi connectivity index (χ1v) is 9.58. The minimum absolute atomic E-state index is 0.0539. The summed E-state index contributed by atoms with van der Waals surface area (Å²) in [5, 5.41) is 0. The number of nitrogens with one attached hydrogen (secondary N) is 2. The molecular weight excluding hydrogens is 316 g/mol. The van der Waals surface area contributed by atoms with Gasteiger partial charge >= 0.3 is 0 Å². The van der Waals surface area contributed by atoms with Gasteiger partial charge in [-0.25, -0.2) is 9.88 Å². The van der Waals surface area contributed by atoms with Crippen LogP contribution in [0.25, 0.3) is 0 Å². The molecule has 2 aliphatic heterocycles. The van der Waals surface area contributed by atoms with Crippen LogP contribution in [0.3, 0.4) is 0 Å². The molecule has 134 valence electrons. The molecule has 1 aliphatic carbocycles. The molecule has 0 atom stereocenters. The van der Waals surface area contributed by atoms with E-state index in [4.69, 9.17) is 0 Å². The number of carbonyl (C=O) groups excluding carboxylic acids is 2. The van der Waals surface area contributed by atoms with Crippen LogP contribution in [0.1, 0.15) is 38.5 Å². The first kappa shape index (κ1) is 16.5. The van der Waals surface area contributed by atoms with Gasteiger partial charge in [0.15, 0.2) is 6.67 Å². The second kappa shape index (κ2) is 6.75. The predicted molar refractivity (Wildman–Crippen MR) is 92.8 cm³/mol. The van der Waals surface area contributed by atoms with Crippen molar-refractivity contribution in [2.45, 2.75) is 38.5 Å². The number of quaternary nitrogens is 1. The number of aromatic nitrogens is 1. The zero-order chi connectivity index (χ0) is 17.3. The molecule has 3 aliphatic rings. The largest absolute Gasteiger partial charge is 0.311 e. The fraction of sp³-hybridized carbons (Fsp3) is 0.632. The number of likely N-dealkylation sites (tertiary alicyclic amines) is 1. The van der Waals surface area contributed by atoms with Crippen LogP contribution in [-0.2, 0) is 9.59 Å². The molecule has 0 bridgehead atoms. The summed E-state index contributed by atoms with van der Waals surface area (Å²) >= 11 is 0. The Labute approximate surface area is 148 Å². The monoisotopic (exact) mass is 344 g/mol. The van der Waals surface area contributed by atoms with Gasteiger partial charge in [-0.1, -0.05) is 25.3 Å². The third-order valence-electron chi connectivity index (χ3n) is 6.19. The van der Waals surface area contributed by atoms with E-state index in [1.54, 1.807) is 4.90 Å². The fourth-order valence-electron chi connectivity index (χ4n) is 4.67. The molecule has 3 fully saturated rings. The molecule has 1 aromatic rings. The average Bonchev–Trinajstić information content (AvgIpc) is 2.88. The second-order valence-corrected chi connectivity index (χ2v) is 7.79. The molecule has 6 nitrogen and oxygen atoms in total. The number of pyridine rings is 1. The molecule has 0 aromatic carbocycles. The van der Waals surface area contributed by atoms with Crippen LogP contribution < -0.4 is 14.8 Å². The maximum absolute atomic E-state index is 12.9. The van der Waals surface area contributed by atoms with E-state index in [9.17, 15) is 9.59 Å². The van der Waals surface area contributed by atoms with Gasteiger partial charge < -0.3 is 4.90 Å². The number of rotatable bonds is 3. The summed E-state index contributed by atoms with van der Waals surface area (Å²) in [6, 6.07) is 6.11. The Balaban J connectivity index is 1.35. The Morgan fingerprint density at radius 3 is 2.52 bits per heavy atom. The summed E-state index contributed by atoms with van der Waals surface area (Å²) in [7, 11) is 0. The minimum Gasteiger partial charge on any atom is -0.311 e. The van der Waals surface area contributed by atoms with Crippen molar-refractivity contribution in [2.75, 3.05) is 37.7 Å². The Hall–Kier alpha value is -1.95. The number of hydrogen-bond acceptors (Lipinski definition) is 3. The number of nitrogens with zero attached hydrogens (tertiary/aromatic N) is 2. The van der Waals surface area contributed by atoms with E-state index in [1.807, 2.05) is 18.3 Å². The third kappa shape index (κ3) is 3.15. The molecule has 2 amide bonds. The number of imide groups is 1. The van der Waals surface area contributed by atoms with Crippen molar-refractivity contribution in [3.63, 3.8) is 0 Å². The molecule has 1 spiro atoms. The second-order valence-electron chi connectivity index (χ2n) is 7.79. The summed E-state index contributed by atoms with van der Waals surface area (Å²) in [4.78, 5) is 33.9. The third-order valence-corrected chi connectivity index (χ3v) is 6.19. The van der Waals surface area contributed by atoms with E-state index in [1.165, 1.54) is 11.3 Å². The summed E-state index contributed by atoms with van der Waals surface area (Å²) in [6.07, 6.45) is 7.58. The lowest BCUT2D eigenvalue weighted by atomic mass is 9.73. The molecule has 4 rings (SSSR count). The number of anilines is 1. The van der Waals surface area contributed by atoms with Crippen molar-refractivity contribution in [3.8, 4) is 0 Å². The van der Waals surface area contributed by atoms with E-state index in [0.29, 0.717) is 13.1 Å². The topological polar surface area (TPSA) is 59.2 Å². The van der Waals surface area contributed by atoms with Crippen LogP contribution in [-0.4, -0.2) is 49.6 Å². The Bertz CT molecular complexity index is 634. The standard InChI is InChI=1S/C19H26N4O2/c24-17-14-19(7-3-1-4-8-19)18(25)23(17)15-21-10-12-22(13-11-21)16-6-2-5-9-20-16/h2,5-6,9H,1,3-4,7-8,10-15H2/p+2. The molecule has 6 heteroatoms. The Morgan fingerprint density at radius 2 is 1.84 bits per heavy atom. The molecule has 2 N–H and O–H groups in total. The normalized spacial score (nSPS) is 24.3. The number of H-pyrrole nitrogens is 1. The zero-order valence-corrected chi connectivity index (χ0v) is 14.8. The quantitative estimate of drug-likeness (QED) is 0.778. The number of amides is 2. The smallest absolute Gasteiger partial charge is 0.274 e. The van der Waals surface area contributed by atoms with Gasteiger partial charge in [0.05, 0.1) is 11.6 Å². The molecular formula is C19H28N4O2+2. The van der Waals surface area contributed by atoms with Crippen LogP contribution in [0.4, 0.5) is 5.82 Å². The Kier molecular flexibility index (Phi) is 4.46. The van der Waals surface area contributed by atoms with Crippen LogP contribution in [0, 0.1) is 5.41 Å². The maximum atomic E-state index is 12.9. The minimum atomic E-state index is -0.352. The molecule has 1 aromatic heterocycles. The highest BCUT2D eigenvalue weighted by atomic mass is 16.2. The predicted octanol–water partition coefficient (Wildman–Crippen LogP) is -0.127. The zero-order valence-electron chi connectivity index (χ0n) is 14.8. The lowest BCUT2D eigenvalue weighted by molar-refractivity contribution is -0.908. The van der Waals surface area contributed by atoms with Crippen molar-refractivity contribution in [1.82, 2.24) is 4.90 Å². The van der Waals surface area contributed by atoms with Gasteiger partial charge in [0.2, 0.25) is 11.8 Å². The van der Waals surface area contributed by atoms with E-state index >= 15 is 0 Å². The molecule has 2 saturated heterocycles. The van der Waals surface area contributed by atoms with Gasteiger partial charge in [-0.15, -0.1) is 0 Å². The van der Waals surface area contributed by atoms with Gasteiger partial charge in [-0.05, 0) is 18.9 Å². The van der Waals surface area contributed by atoms with E-state index in [-0.39, 0.29) is 17.2 Å². The summed E-state index contributed by atoms with van der Waals surface area (Å²) in [6.45, 7) is 4.33. The SMILES string of the molecule is O=C1CC2(CCCCC2)C(=O)N1C[NH+]1CCN(c2cccc[nH+]2)CC1. The number of piperazine rings is 1. The van der Waals surface area contributed by atoms with Crippen LogP contribution in [0.2, 0.25) is 0 Å². The molecule has 3 heterocycles. The van der Waals surface area contributed by atoms with Crippen molar-refractivity contribution in [2.24, 2.45) is 5.41 Å². The summed E-state index contributed by atoms with van der Waals surface area (Å²) in [5.41, 5.74) is -0.352. The molecule has 25 heavy (non-hydrogen) atoms. The summed E-state index contributed by atoms with van der Waals surface area (Å²) < 4.78 is 0. The van der Waals surface area contributed by atoms with Crippen molar-refractivity contribution >= 4 is 17.6 Å². The van der Waals surface area contributed by atoms with Crippen molar-refractivity contribution < 1.29 is 19.5 Å². The number of carbonyl (C=O) groups is 2. The van der Waals surface area contributed by atoms with Gasteiger partial charge in [0.1, 0.15) is 26.2 Å². The molecule has 1 saturated carbocycles. The van der Waals surface area contributed by atoms with Gasteiger partial charge in [0, 0.05) is 12.5 Å². The molecule has 0 radical (unpaired) electrons.